The third-order valence-electron chi connectivity index (χ3n) is 1.85. The Hall–Kier alpha value is -0.0151. The Bertz CT molecular complexity index is 93.1. The Morgan fingerprint density at radius 2 is 1.23 bits per heavy atom. The first-order valence-electron chi connectivity index (χ1n) is 5.28. The van der Waals surface area contributed by atoms with Gasteiger partial charge in [0.05, 0.1) is 0 Å². The summed E-state index contributed by atoms with van der Waals surface area (Å²) in [6.45, 7) is 10.4. The topological polar surface area (TPSA) is 18.5 Å². The maximum atomic E-state index is 5.30. The number of rotatable bonds is 8. The summed E-state index contributed by atoms with van der Waals surface area (Å²) in [7, 11) is 0.458. The Balaban J connectivity index is 2.92. The van der Waals surface area contributed by atoms with Crippen LogP contribution in [0.2, 0.25) is 0 Å². The Labute approximate surface area is 83.3 Å². The SMILES string of the molecule is CC(C)CCOBOCCC(C)C. The van der Waals surface area contributed by atoms with Crippen LogP contribution in [0.25, 0.3) is 0 Å². The van der Waals surface area contributed by atoms with Crippen molar-refractivity contribution in [2.45, 2.75) is 40.5 Å². The molecule has 0 radical (unpaired) electrons. The first kappa shape index (κ1) is 13.0. The lowest BCUT2D eigenvalue weighted by Gasteiger charge is -2.07. The first-order valence-corrected chi connectivity index (χ1v) is 5.28. The van der Waals surface area contributed by atoms with E-state index in [1.807, 2.05) is 0 Å². The lowest BCUT2D eigenvalue weighted by Crippen LogP contribution is -2.09. The molecule has 0 saturated heterocycles. The molecule has 3 heteroatoms. The standard InChI is InChI=1S/C10H23BO2/c1-9(2)5-7-12-11-13-8-6-10(3)4/h9-11H,5-8H2,1-4H3. The molecule has 2 nitrogen and oxygen atoms in total. The van der Waals surface area contributed by atoms with Crippen LogP contribution in [0.4, 0.5) is 0 Å². The maximum Gasteiger partial charge on any atom is 0.438 e. The molecular weight excluding hydrogens is 163 g/mol. The van der Waals surface area contributed by atoms with E-state index in [0.717, 1.165) is 37.9 Å². The first-order chi connectivity index (χ1) is 6.13. The average molecular weight is 186 g/mol. The van der Waals surface area contributed by atoms with Crippen LogP contribution >= 0.6 is 0 Å². The molecule has 0 unspecified atom stereocenters. The molecule has 0 rings (SSSR count). The van der Waals surface area contributed by atoms with Gasteiger partial charge in [-0.1, -0.05) is 27.7 Å². The Kier molecular flexibility index (Phi) is 8.57. The fourth-order valence-corrected chi connectivity index (χ4v) is 0.815. The molecule has 0 bridgehead atoms. The molecule has 0 aliphatic carbocycles. The highest BCUT2D eigenvalue weighted by atomic mass is 16.6. The second-order valence-electron chi connectivity index (χ2n) is 4.30. The minimum atomic E-state index is 0.458. The van der Waals surface area contributed by atoms with E-state index in [9.17, 15) is 0 Å². The fourth-order valence-electron chi connectivity index (χ4n) is 0.815. The van der Waals surface area contributed by atoms with Gasteiger partial charge in [0.15, 0.2) is 0 Å². The molecule has 0 aliphatic rings. The molecule has 0 fully saturated rings. The Morgan fingerprint density at radius 1 is 0.846 bits per heavy atom. The van der Waals surface area contributed by atoms with Crippen LogP contribution in [0.5, 0.6) is 0 Å². The van der Waals surface area contributed by atoms with Crippen molar-refractivity contribution in [2.75, 3.05) is 13.2 Å². The number of hydrogen-bond acceptors (Lipinski definition) is 2. The van der Waals surface area contributed by atoms with E-state index < -0.39 is 0 Å². The van der Waals surface area contributed by atoms with Gasteiger partial charge in [-0.05, 0) is 24.7 Å². The quantitative estimate of drug-likeness (QED) is 0.428. The fraction of sp³-hybridized carbons (Fsp3) is 1.00. The van der Waals surface area contributed by atoms with Gasteiger partial charge in [-0.2, -0.15) is 0 Å². The average Bonchev–Trinajstić information content (AvgIpc) is 2.01. The van der Waals surface area contributed by atoms with Crippen molar-refractivity contribution in [1.82, 2.24) is 0 Å². The summed E-state index contributed by atoms with van der Waals surface area (Å²) in [5, 5.41) is 0. The van der Waals surface area contributed by atoms with E-state index in [4.69, 9.17) is 9.31 Å². The zero-order valence-corrected chi connectivity index (χ0v) is 9.51. The van der Waals surface area contributed by atoms with Crippen LogP contribution in [0, 0.1) is 11.8 Å². The van der Waals surface area contributed by atoms with Crippen molar-refractivity contribution in [1.29, 1.82) is 0 Å². The number of hydrogen-bond donors (Lipinski definition) is 0. The highest BCUT2D eigenvalue weighted by Crippen LogP contribution is 2.00. The van der Waals surface area contributed by atoms with Crippen molar-refractivity contribution in [3.8, 4) is 0 Å². The van der Waals surface area contributed by atoms with E-state index in [1.54, 1.807) is 0 Å². The summed E-state index contributed by atoms with van der Waals surface area (Å²) in [6, 6.07) is 0. The molecule has 0 saturated carbocycles. The molecule has 0 N–H and O–H groups in total. The summed E-state index contributed by atoms with van der Waals surface area (Å²) in [5.74, 6) is 1.44. The predicted molar refractivity (Wildman–Crippen MR) is 58.0 cm³/mol. The van der Waals surface area contributed by atoms with E-state index in [2.05, 4.69) is 27.7 Å². The largest absolute Gasteiger partial charge is 0.438 e. The summed E-state index contributed by atoms with van der Waals surface area (Å²) >= 11 is 0. The molecule has 0 atom stereocenters. The predicted octanol–water partition coefficient (Wildman–Crippen LogP) is 2.38. The van der Waals surface area contributed by atoms with E-state index >= 15 is 0 Å². The molecule has 13 heavy (non-hydrogen) atoms. The summed E-state index contributed by atoms with van der Waals surface area (Å²) in [4.78, 5) is 0. The lowest BCUT2D eigenvalue weighted by molar-refractivity contribution is 0.203. The van der Waals surface area contributed by atoms with Gasteiger partial charge in [0.2, 0.25) is 0 Å². The zero-order chi connectivity index (χ0) is 10.1. The van der Waals surface area contributed by atoms with Crippen molar-refractivity contribution in [3.05, 3.63) is 0 Å². The van der Waals surface area contributed by atoms with Crippen molar-refractivity contribution < 1.29 is 9.31 Å². The van der Waals surface area contributed by atoms with Gasteiger partial charge < -0.3 is 9.31 Å². The minimum absolute atomic E-state index is 0.458. The van der Waals surface area contributed by atoms with E-state index in [1.165, 1.54) is 0 Å². The van der Waals surface area contributed by atoms with Gasteiger partial charge in [-0.25, -0.2) is 0 Å². The van der Waals surface area contributed by atoms with E-state index in [-0.39, 0.29) is 0 Å². The van der Waals surface area contributed by atoms with Gasteiger partial charge in [-0.15, -0.1) is 0 Å². The van der Waals surface area contributed by atoms with Crippen LogP contribution in [0.1, 0.15) is 40.5 Å². The van der Waals surface area contributed by atoms with Gasteiger partial charge in [0.1, 0.15) is 0 Å². The molecule has 0 aromatic carbocycles. The van der Waals surface area contributed by atoms with Crippen LogP contribution in [0.15, 0.2) is 0 Å². The molecule has 78 valence electrons. The van der Waals surface area contributed by atoms with Gasteiger partial charge >= 0.3 is 7.69 Å². The maximum absolute atomic E-state index is 5.30. The van der Waals surface area contributed by atoms with E-state index in [0.29, 0.717) is 7.69 Å². The third-order valence-corrected chi connectivity index (χ3v) is 1.85. The van der Waals surface area contributed by atoms with Crippen molar-refractivity contribution in [2.24, 2.45) is 11.8 Å². The summed E-state index contributed by atoms with van der Waals surface area (Å²) in [6.07, 6.45) is 2.24. The van der Waals surface area contributed by atoms with Crippen LogP contribution in [0.3, 0.4) is 0 Å². The summed E-state index contributed by atoms with van der Waals surface area (Å²) < 4.78 is 10.6. The molecule has 0 amide bonds. The van der Waals surface area contributed by atoms with Crippen LogP contribution in [-0.4, -0.2) is 20.9 Å². The zero-order valence-electron chi connectivity index (χ0n) is 9.51. The van der Waals surface area contributed by atoms with Crippen molar-refractivity contribution >= 4 is 7.69 Å². The van der Waals surface area contributed by atoms with Crippen molar-refractivity contribution in [3.63, 3.8) is 0 Å². The second kappa shape index (κ2) is 8.58. The van der Waals surface area contributed by atoms with Gasteiger partial charge in [0.25, 0.3) is 0 Å². The monoisotopic (exact) mass is 186 g/mol. The molecule has 0 aromatic heterocycles. The smallest absolute Gasteiger partial charge is 0.414 e. The lowest BCUT2D eigenvalue weighted by atomic mass is 10.1. The highest BCUT2D eigenvalue weighted by Gasteiger charge is 1.97. The molecule has 0 heterocycles. The van der Waals surface area contributed by atoms with Crippen LogP contribution in [-0.2, 0) is 9.31 Å². The Morgan fingerprint density at radius 3 is 1.54 bits per heavy atom. The van der Waals surface area contributed by atoms with Crippen LogP contribution < -0.4 is 0 Å². The minimum Gasteiger partial charge on any atom is -0.414 e. The van der Waals surface area contributed by atoms with Gasteiger partial charge in [0, 0.05) is 13.2 Å². The normalized spacial score (nSPS) is 11.2. The molecule has 0 aliphatic heterocycles. The van der Waals surface area contributed by atoms with Gasteiger partial charge in [-0.3, -0.25) is 0 Å². The molecule has 0 spiro atoms. The highest BCUT2D eigenvalue weighted by molar-refractivity contribution is 6.17. The second-order valence-corrected chi connectivity index (χ2v) is 4.30. The summed E-state index contributed by atoms with van der Waals surface area (Å²) in [5.41, 5.74) is 0. The third kappa shape index (κ3) is 12.0. The molecular formula is C10H23BO2. The molecule has 0 aromatic rings.